The van der Waals surface area contributed by atoms with Crippen LogP contribution in [0.4, 0.5) is 5.69 Å². The molecule has 0 atom stereocenters. The van der Waals surface area contributed by atoms with Crippen LogP contribution in [-0.2, 0) is 10.0 Å². The lowest BCUT2D eigenvalue weighted by atomic mass is 10.1. The van der Waals surface area contributed by atoms with E-state index in [1.165, 1.54) is 12.1 Å². The molecule has 1 fully saturated rings. The van der Waals surface area contributed by atoms with E-state index in [0.717, 1.165) is 4.31 Å². The Morgan fingerprint density at radius 2 is 2.06 bits per heavy atom. The molecule has 98 valence electrons. The van der Waals surface area contributed by atoms with Crippen molar-refractivity contribution in [2.45, 2.75) is 12.8 Å². The highest BCUT2D eigenvalue weighted by Crippen LogP contribution is 2.31. The first-order valence-electron chi connectivity index (χ1n) is 5.46. The number of anilines is 1. The second kappa shape index (κ2) is 4.78. The second-order valence-electron chi connectivity index (χ2n) is 4.03. The number of carboxylic acids is 1. The summed E-state index contributed by atoms with van der Waals surface area (Å²) in [5.41, 5.74) is -0.0145. The van der Waals surface area contributed by atoms with E-state index in [4.69, 9.17) is 16.7 Å². The van der Waals surface area contributed by atoms with Gasteiger partial charge in [-0.05, 0) is 25.0 Å². The molecule has 0 aromatic heterocycles. The van der Waals surface area contributed by atoms with Gasteiger partial charge in [0.25, 0.3) is 0 Å². The second-order valence-corrected chi connectivity index (χ2v) is 6.45. The largest absolute Gasteiger partial charge is 0.478 e. The standard InChI is InChI=1S/C11H12ClNO4S/c12-8-4-3-5-9(10(8)11(14)15)13-6-1-2-7-18(13,16)17/h3-5H,1-2,6-7H2,(H,14,15). The summed E-state index contributed by atoms with van der Waals surface area (Å²) in [4.78, 5) is 11.2. The minimum absolute atomic E-state index is 0.0403. The number of rotatable bonds is 2. The highest BCUT2D eigenvalue weighted by molar-refractivity contribution is 7.92. The number of aromatic carboxylic acids is 1. The molecule has 1 aliphatic rings. The van der Waals surface area contributed by atoms with Crippen molar-refractivity contribution in [3.8, 4) is 0 Å². The highest BCUT2D eigenvalue weighted by atomic mass is 35.5. The van der Waals surface area contributed by atoms with E-state index in [0.29, 0.717) is 19.4 Å². The fourth-order valence-corrected chi connectivity index (χ4v) is 3.89. The number of hydrogen-bond donors (Lipinski definition) is 1. The van der Waals surface area contributed by atoms with Gasteiger partial charge in [0.15, 0.2) is 0 Å². The highest BCUT2D eigenvalue weighted by Gasteiger charge is 2.30. The van der Waals surface area contributed by atoms with Crippen LogP contribution in [0.2, 0.25) is 5.02 Å². The van der Waals surface area contributed by atoms with Crippen molar-refractivity contribution in [1.82, 2.24) is 0 Å². The van der Waals surface area contributed by atoms with Crippen LogP contribution < -0.4 is 4.31 Å². The molecule has 1 aliphatic heterocycles. The zero-order valence-electron chi connectivity index (χ0n) is 9.47. The van der Waals surface area contributed by atoms with Crippen molar-refractivity contribution in [3.63, 3.8) is 0 Å². The Hall–Kier alpha value is -1.27. The Bertz CT molecular complexity index is 585. The van der Waals surface area contributed by atoms with Crippen LogP contribution >= 0.6 is 11.6 Å². The van der Waals surface area contributed by atoms with Crippen molar-refractivity contribution >= 4 is 33.3 Å². The molecule has 0 amide bonds. The van der Waals surface area contributed by atoms with Crippen LogP contribution in [0.25, 0.3) is 0 Å². The zero-order valence-corrected chi connectivity index (χ0v) is 11.0. The molecule has 0 radical (unpaired) electrons. The van der Waals surface area contributed by atoms with Gasteiger partial charge in [-0.3, -0.25) is 4.31 Å². The minimum atomic E-state index is -3.44. The molecule has 0 spiro atoms. The number of carbonyl (C=O) groups is 1. The monoisotopic (exact) mass is 289 g/mol. The lowest BCUT2D eigenvalue weighted by Gasteiger charge is -2.29. The molecule has 18 heavy (non-hydrogen) atoms. The predicted molar refractivity (Wildman–Crippen MR) is 68.8 cm³/mol. The predicted octanol–water partition coefficient (Wildman–Crippen LogP) is 1.97. The molecule has 1 saturated heterocycles. The summed E-state index contributed by atoms with van der Waals surface area (Å²) in [7, 11) is -3.44. The summed E-state index contributed by atoms with van der Waals surface area (Å²) in [6.45, 7) is 0.295. The molecule has 1 aromatic rings. The Labute approximate surface area is 110 Å². The quantitative estimate of drug-likeness (QED) is 0.903. The molecular weight excluding hydrogens is 278 g/mol. The third kappa shape index (κ3) is 2.30. The average molecular weight is 290 g/mol. The minimum Gasteiger partial charge on any atom is -0.478 e. The number of benzene rings is 1. The SMILES string of the molecule is O=C(O)c1c(Cl)cccc1N1CCCCS1(=O)=O. The van der Waals surface area contributed by atoms with Crippen molar-refractivity contribution < 1.29 is 18.3 Å². The van der Waals surface area contributed by atoms with Gasteiger partial charge in [0.05, 0.1) is 16.5 Å². The fraction of sp³-hybridized carbons (Fsp3) is 0.364. The summed E-state index contributed by atoms with van der Waals surface area (Å²) in [6, 6.07) is 4.46. The van der Waals surface area contributed by atoms with E-state index in [-0.39, 0.29) is 22.0 Å². The van der Waals surface area contributed by atoms with Crippen LogP contribution in [0.1, 0.15) is 23.2 Å². The fourth-order valence-electron chi connectivity index (χ4n) is 1.99. The maximum Gasteiger partial charge on any atom is 0.339 e. The van der Waals surface area contributed by atoms with Gasteiger partial charge in [-0.25, -0.2) is 13.2 Å². The topological polar surface area (TPSA) is 74.7 Å². The Morgan fingerprint density at radius 1 is 1.33 bits per heavy atom. The first-order valence-corrected chi connectivity index (χ1v) is 7.44. The van der Waals surface area contributed by atoms with Gasteiger partial charge < -0.3 is 5.11 Å². The molecule has 7 heteroatoms. The molecule has 2 rings (SSSR count). The van der Waals surface area contributed by atoms with Gasteiger partial charge in [0.1, 0.15) is 5.56 Å². The summed E-state index contributed by atoms with van der Waals surface area (Å²) in [5.74, 6) is -1.19. The maximum atomic E-state index is 12.0. The van der Waals surface area contributed by atoms with Crippen molar-refractivity contribution in [1.29, 1.82) is 0 Å². The number of halogens is 1. The van der Waals surface area contributed by atoms with Crippen molar-refractivity contribution in [2.75, 3.05) is 16.6 Å². The normalized spacial score (nSPS) is 18.6. The van der Waals surface area contributed by atoms with E-state index >= 15 is 0 Å². The first-order chi connectivity index (χ1) is 8.43. The van der Waals surface area contributed by atoms with Crippen molar-refractivity contribution in [2.24, 2.45) is 0 Å². The first kappa shape index (κ1) is 13.2. The molecule has 0 saturated carbocycles. The summed E-state index contributed by atoms with van der Waals surface area (Å²) in [5, 5.41) is 9.18. The molecule has 1 N–H and O–H groups in total. The number of nitrogens with zero attached hydrogens (tertiary/aromatic N) is 1. The molecular formula is C11H12ClNO4S. The third-order valence-corrected chi connectivity index (χ3v) is 4.99. The van der Waals surface area contributed by atoms with Gasteiger partial charge >= 0.3 is 5.97 Å². The Kier molecular flexibility index (Phi) is 3.49. The van der Waals surface area contributed by atoms with Crippen LogP contribution in [0.15, 0.2) is 18.2 Å². The molecule has 0 aliphatic carbocycles. The number of hydrogen-bond acceptors (Lipinski definition) is 3. The lowest BCUT2D eigenvalue weighted by Crippen LogP contribution is -2.38. The van der Waals surface area contributed by atoms with Crippen LogP contribution in [-0.4, -0.2) is 31.8 Å². The molecule has 0 bridgehead atoms. The molecule has 1 heterocycles. The Balaban J connectivity index is 2.57. The lowest BCUT2D eigenvalue weighted by molar-refractivity contribution is 0.0698. The van der Waals surface area contributed by atoms with Gasteiger partial charge in [-0.2, -0.15) is 0 Å². The molecule has 1 aromatic carbocycles. The van der Waals surface area contributed by atoms with Gasteiger partial charge in [0, 0.05) is 6.54 Å². The van der Waals surface area contributed by atoms with E-state index in [9.17, 15) is 13.2 Å². The summed E-state index contributed by atoms with van der Waals surface area (Å²) < 4.78 is 25.1. The van der Waals surface area contributed by atoms with E-state index in [2.05, 4.69) is 0 Å². The van der Waals surface area contributed by atoms with Crippen LogP contribution in [0.5, 0.6) is 0 Å². The van der Waals surface area contributed by atoms with Gasteiger partial charge in [0.2, 0.25) is 10.0 Å². The summed E-state index contributed by atoms with van der Waals surface area (Å²) in [6.07, 6.45) is 1.31. The van der Waals surface area contributed by atoms with Crippen LogP contribution in [0, 0.1) is 0 Å². The van der Waals surface area contributed by atoms with E-state index in [1.807, 2.05) is 0 Å². The average Bonchev–Trinajstić information content (AvgIpc) is 2.27. The molecule has 5 nitrogen and oxygen atoms in total. The smallest absolute Gasteiger partial charge is 0.339 e. The number of carboxylic acid groups (broad SMARTS) is 1. The molecule has 0 unspecified atom stereocenters. The van der Waals surface area contributed by atoms with E-state index < -0.39 is 16.0 Å². The van der Waals surface area contributed by atoms with Gasteiger partial charge in [-0.1, -0.05) is 17.7 Å². The maximum absolute atomic E-state index is 12.0. The van der Waals surface area contributed by atoms with Crippen LogP contribution in [0.3, 0.4) is 0 Å². The number of sulfonamides is 1. The Morgan fingerprint density at radius 3 is 2.67 bits per heavy atom. The van der Waals surface area contributed by atoms with Gasteiger partial charge in [-0.15, -0.1) is 0 Å². The van der Waals surface area contributed by atoms with E-state index in [1.54, 1.807) is 6.07 Å². The zero-order chi connectivity index (χ0) is 13.3. The third-order valence-electron chi connectivity index (χ3n) is 2.82. The summed E-state index contributed by atoms with van der Waals surface area (Å²) >= 11 is 5.83. The van der Waals surface area contributed by atoms with Crippen molar-refractivity contribution in [3.05, 3.63) is 28.8 Å².